The number of carbonyl (C=O) groups is 1. The van der Waals surface area contributed by atoms with Crippen molar-refractivity contribution in [3.05, 3.63) is 99.5 Å². The van der Waals surface area contributed by atoms with E-state index in [1.165, 1.54) is 22.8 Å². The number of rotatable bonds is 5. The van der Waals surface area contributed by atoms with E-state index in [2.05, 4.69) is 10.9 Å². The summed E-state index contributed by atoms with van der Waals surface area (Å²) in [6, 6.07) is 14.9. The molecule has 0 fully saturated rings. The molecule has 0 bridgehead atoms. The second-order valence-electron chi connectivity index (χ2n) is 6.50. The average molecular weight is 401 g/mol. The van der Waals surface area contributed by atoms with Crippen molar-refractivity contribution in [3.63, 3.8) is 0 Å². The molecular formula is C21H18F3N3O2. The summed E-state index contributed by atoms with van der Waals surface area (Å²) >= 11 is 0. The maximum atomic E-state index is 12.8. The maximum Gasteiger partial charge on any atom is 0.416 e. The predicted molar refractivity (Wildman–Crippen MR) is 104 cm³/mol. The number of hydrogen-bond acceptors (Lipinski definition) is 3. The highest BCUT2D eigenvalue weighted by Crippen LogP contribution is 2.30. The Hall–Kier alpha value is -3.55. The number of hydrogen-bond donors (Lipinski definition) is 2. The third-order valence-corrected chi connectivity index (χ3v) is 4.21. The molecule has 0 saturated heterocycles. The van der Waals surface area contributed by atoms with Gasteiger partial charge < -0.3 is 4.57 Å². The number of aryl methyl sites for hydroxylation is 1. The van der Waals surface area contributed by atoms with Gasteiger partial charge in [0.05, 0.1) is 17.8 Å². The number of halogens is 3. The Morgan fingerprint density at radius 2 is 1.79 bits per heavy atom. The molecule has 8 heteroatoms. The van der Waals surface area contributed by atoms with Crippen LogP contribution < -0.4 is 16.4 Å². The van der Waals surface area contributed by atoms with Crippen LogP contribution in [0.3, 0.4) is 0 Å². The highest BCUT2D eigenvalue weighted by Gasteiger charge is 2.30. The lowest BCUT2D eigenvalue weighted by molar-refractivity contribution is -0.137. The minimum absolute atomic E-state index is 0.0455. The van der Waals surface area contributed by atoms with Gasteiger partial charge in [-0.3, -0.25) is 20.4 Å². The van der Waals surface area contributed by atoms with Crippen LogP contribution in [0.15, 0.2) is 71.7 Å². The van der Waals surface area contributed by atoms with Gasteiger partial charge in [-0.15, -0.1) is 0 Å². The van der Waals surface area contributed by atoms with E-state index in [0.29, 0.717) is 6.54 Å². The second kappa shape index (κ2) is 8.22. The van der Waals surface area contributed by atoms with Crippen LogP contribution in [0.1, 0.15) is 27.0 Å². The molecule has 3 aromatic rings. The minimum Gasteiger partial charge on any atom is -0.310 e. The third kappa shape index (κ3) is 5.04. The first-order chi connectivity index (χ1) is 13.7. The number of hydrazine groups is 1. The molecule has 0 aliphatic heterocycles. The number of anilines is 1. The molecule has 0 radical (unpaired) electrons. The number of nitrogens with one attached hydrogen (secondary N) is 2. The molecule has 0 unspecified atom stereocenters. The van der Waals surface area contributed by atoms with Crippen molar-refractivity contribution < 1.29 is 18.0 Å². The maximum absolute atomic E-state index is 12.8. The number of aromatic nitrogens is 1. The molecule has 2 aromatic carbocycles. The largest absolute Gasteiger partial charge is 0.416 e. The SMILES string of the molecule is Cc1cccc(Cn2cccc(C(=O)NNc3cccc(C(F)(F)F)c3)c2=O)c1. The zero-order chi connectivity index (χ0) is 21.0. The standard InChI is InChI=1S/C21H18F3N3O2/c1-14-5-2-6-15(11-14)13-27-10-4-9-18(20(27)29)19(28)26-25-17-8-3-7-16(12-17)21(22,23)24/h2-12,25H,13H2,1H3,(H,26,28). The van der Waals surface area contributed by atoms with Gasteiger partial charge >= 0.3 is 6.18 Å². The second-order valence-corrected chi connectivity index (χ2v) is 6.50. The first kappa shape index (κ1) is 20.2. The Bertz CT molecular complexity index is 1090. The Labute approximate surface area is 164 Å². The molecule has 2 N–H and O–H groups in total. The molecule has 150 valence electrons. The van der Waals surface area contributed by atoms with Crippen molar-refractivity contribution in [2.75, 3.05) is 5.43 Å². The summed E-state index contributed by atoms with van der Waals surface area (Å²) in [7, 11) is 0. The predicted octanol–water partition coefficient (Wildman–Crippen LogP) is 3.98. The van der Waals surface area contributed by atoms with Crippen LogP contribution >= 0.6 is 0 Å². The van der Waals surface area contributed by atoms with E-state index in [4.69, 9.17) is 0 Å². The van der Waals surface area contributed by atoms with Crippen molar-refractivity contribution in [2.24, 2.45) is 0 Å². The number of nitrogens with zero attached hydrogens (tertiary/aromatic N) is 1. The highest BCUT2D eigenvalue weighted by atomic mass is 19.4. The van der Waals surface area contributed by atoms with E-state index in [1.807, 2.05) is 31.2 Å². The monoisotopic (exact) mass is 401 g/mol. The van der Waals surface area contributed by atoms with Crippen LogP contribution in [0.4, 0.5) is 18.9 Å². The summed E-state index contributed by atoms with van der Waals surface area (Å²) in [5, 5.41) is 0. The van der Waals surface area contributed by atoms with Crippen LogP contribution in [-0.4, -0.2) is 10.5 Å². The Morgan fingerprint density at radius 3 is 2.52 bits per heavy atom. The lowest BCUT2D eigenvalue weighted by Crippen LogP contribution is -2.35. The number of pyridine rings is 1. The fourth-order valence-electron chi connectivity index (χ4n) is 2.81. The Kier molecular flexibility index (Phi) is 5.72. The third-order valence-electron chi connectivity index (χ3n) is 4.21. The van der Waals surface area contributed by atoms with Gasteiger partial charge in [-0.2, -0.15) is 13.2 Å². The Balaban J connectivity index is 1.74. The number of amides is 1. The summed E-state index contributed by atoms with van der Waals surface area (Å²) in [4.78, 5) is 25.0. The van der Waals surface area contributed by atoms with Crippen molar-refractivity contribution in [3.8, 4) is 0 Å². The molecule has 5 nitrogen and oxygen atoms in total. The van der Waals surface area contributed by atoms with Crippen LogP contribution in [0.5, 0.6) is 0 Å². The summed E-state index contributed by atoms with van der Waals surface area (Å²) in [6.45, 7) is 2.23. The molecule has 1 aromatic heterocycles. The lowest BCUT2D eigenvalue weighted by Gasteiger charge is -2.12. The van der Waals surface area contributed by atoms with Crippen LogP contribution in [0.25, 0.3) is 0 Å². The normalized spacial score (nSPS) is 11.2. The van der Waals surface area contributed by atoms with Gasteiger partial charge in [0.25, 0.3) is 11.5 Å². The molecule has 0 aliphatic carbocycles. The van der Waals surface area contributed by atoms with E-state index < -0.39 is 23.2 Å². The van der Waals surface area contributed by atoms with Gasteiger partial charge in [-0.05, 0) is 42.8 Å². The summed E-state index contributed by atoms with van der Waals surface area (Å²) in [5.41, 5.74) is 5.20. The van der Waals surface area contributed by atoms with Gasteiger partial charge in [0.2, 0.25) is 0 Å². The smallest absolute Gasteiger partial charge is 0.310 e. The van der Waals surface area contributed by atoms with E-state index in [1.54, 1.807) is 12.3 Å². The van der Waals surface area contributed by atoms with E-state index in [-0.39, 0.29) is 11.3 Å². The van der Waals surface area contributed by atoms with Gasteiger partial charge in [0, 0.05) is 6.20 Å². The zero-order valence-corrected chi connectivity index (χ0v) is 15.5. The first-order valence-corrected chi connectivity index (χ1v) is 8.72. The molecule has 1 amide bonds. The molecule has 0 aliphatic rings. The van der Waals surface area contributed by atoms with E-state index >= 15 is 0 Å². The fourth-order valence-corrected chi connectivity index (χ4v) is 2.81. The van der Waals surface area contributed by atoms with Crippen molar-refractivity contribution in [2.45, 2.75) is 19.6 Å². The van der Waals surface area contributed by atoms with Crippen LogP contribution in [-0.2, 0) is 12.7 Å². The molecule has 3 rings (SSSR count). The number of alkyl halides is 3. The summed E-state index contributed by atoms with van der Waals surface area (Å²) < 4.78 is 39.7. The Morgan fingerprint density at radius 1 is 1.03 bits per heavy atom. The summed E-state index contributed by atoms with van der Waals surface area (Å²) in [5.74, 6) is -0.744. The van der Waals surface area contributed by atoms with E-state index in [0.717, 1.165) is 23.3 Å². The molecule has 0 atom stereocenters. The number of carbonyl (C=O) groups excluding carboxylic acids is 1. The van der Waals surface area contributed by atoms with Crippen LogP contribution in [0, 0.1) is 6.92 Å². The van der Waals surface area contributed by atoms with Gasteiger partial charge in [-0.25, -0.2) is 0 Å². The molecule has 0 saturated carbocycles. The molecule has 0 spiro atoms. The average Bonchev–Trinajstić information content (AvgIpc) is 2.67. The number of benzene rings is 2. The topological polar surface area (TPSA) is 63.1 Å². The van der Waals surface area contributed by atoms with E-state index in [9.17, 15) is 22.8 Å². The van der Waals surface area contributed by atoms with Crippen molar-refractivity contribution >= 4 is 11.6 Å². The highest BCUT2D eigenvalue weighted by molar-refractivity contribution is 5.94. The van der Waals surface area contributed by atoms with Crippen molar-refractivity contribution in [1.82, 2.24) is 9.99 Å². The first-order valence-electron chi connectivity index (χ1n) is 8.72. The quantitative estimate of drug-likeness (QED) is 0.636. The summed E-state index contributed by atoms with van der Waals surface area (Å²) in [6.07, 6.45) is -2.92. The fraction of sp³-hybridized carbons (Fsp3) is 0.143. The van der Waals surface area contributed by atoms with Crippen molar-refractivity contribution in [1.29, 1.82) is 0 Å². The van der Waals surface area contributed by atoms with Gasteiger partial charge in [0.15, 0.2) is 0 Å². The molecule has 29 heavy (non-hydrogen) atoms. The lowest BCUT2D eigenvalue weighted by atomic mass is 10.1. The zero-order valence-electron chi connectivity index (χ0n) is 15.5. The van der Waals surface area contributed by atoms with Gasteiger partial charge in [0.1, 0.15) is 5.56 Å². The molecular weight excluding hydrogens is 383 g/mol. The molecule has 1 heterocycles. The van der Waals surface area contributed by atoms with Gasteiger partial charge in [-0.1, -0.05) is 35.9 Å². The minimum atomic E-state index is -4.50. The van der Waals surface area contributed by atoms with Crippen LogP contribution in [0.2, 0.25) is 0 Å².